The zero-order valence-electron chi connectivity index (χ0n) is 11.6. The van der Waals surface area contributed by atoms with Gasteiger partial charge in [0.15, 0.2) is 0 Å². The summed E-state index contributed by atoms with van der Waals surface area (Å²) >= 11 is 0. The summed E-state index contributed by atoms with van der Waals surface area (Å²) in [6.45, 7) is 8.09. The van der Waals surface area contributed by atoms with Gasteiger partial charge in [-0.25, -0.2) is 0 Å². The summed E-state index contributed by atoms with van der Waals surface area (Å²) in [6.07, 6.45) is 2.10. The monoisotopic (exact) mass is 250 g/mol. The van der Waals surface area contributed by atoms with E-state index in [2.05, 4.69) is 13.8 Å². The van der Waals surface area contributed by atoms with Crippen LogP contribution >= 0.6 is 0 Å². The predicted molar refractivity (Wildman–Crippen MR) is 73.6 cm³/mol. The van der Waals surface area contributed by atoms with Gasteiger partial charge in [-0.05, 0) is 42.9 Å². The number of nitrogens with two attached hydrogens (primary N) is 1. The van der Waals surface area contributed by atoms with Gasteiger partial charge in [0.1, 0.15) is 0 Å². The summed E-state index contributed by atoms with van der Waals surface area (Å²) in [5.74, 6) is 0.329. The fraction of sp³-hybridized carbons (Fsp3) is 0.571. The van der Waals surface area contributed by atoms with Crippen LogP contribution in [0.4, 0.5) is 5.69 Å². The Morgan fingerprint density at radius 2 is 2.00 bits per heavy atom. The minimum Gasteiger partial charge on any atom is -0.324 e. The Balaban J connectivity index is 3.18. The number of nitro benzene ring substituents is 1. The molecule has 18 heavy (non-hydrogen) atoms. The fourth-order valence-electron chi connectivity index (χ4n) is 2.26. The molecule has 0 aliphatic heterocycles. The van der Waals surface area contributed by atoms with E-state index >= 15 is 0 Å². The molecule has 1 aromatic carbocycles. The third-order valence-corrected chi connectivity index (χ3v) is 3.62. The number of benzene rings is 1. The zero-order valence-corrected chi connectivity index (χ0v) is 11.6. The first-order chi connectivity index (χ1) is 8.38. The molecule has 2 unspecified atom stereocenters. The lowest BCUT2D eigenvalue weighted by Crippen LogP contribution is -2.20. The Hall–Kier alpha value is -1.42. The average Bonchev–Trinajstić information content (AvgIpc) is 2.31. The maximum absolute atomic E-state index is 10.9. The number of hydrogen-bond donors (Lipinski definition) is 1. The van der Waals surface area contributed by atoms with Crippen molar-refractivity contribution in [2.24, 2.45) is 11.7 Å². The third kappa shape index (κ3) is 3.07. The highest BCUT2D eigenvalue weighted by atomic mass is 16.6. The van der Waals surface area contributed by atoms with Crippen molar-refractivity contribution in [1.82, 2.24) is 0 Å². The summed E-state index contributed by atoms with van der Waals surface area (Å²) < 4.78 is 0. The van der Waals surface area contributed by atoms with Crippen molar-refractivity contribution in [3.8, 4) is 0 Å². The SMILES string of the molecule is CCCC(C)C(N)c1cc([N+](=O)[O-])cc(C)c1C. The van der Waals surface area contributed by atoms with Crippen molar-refractivity contribution in [2.45, 2.75) is 46.6 Å². The number of aryl methyl sites for hydroxylation is 1. The largest absolute Gasteiger partial charge is 0.324 e. The molecule has 0 aliphatic carbocycles. The van der Waals surface area contributed by atoms with Crippen LogP contribution in [0.15, 0.2) is 12.1 Å². The van der Waals surface area contributed by atoms with E-state index in [1.807, 2.05) is 13.8 Å². The summed E-state index contributed by atoms with van der Waals surface area (Å²) in [5.41, 5.74) is 9.27. The normalized spacial score (nSPS) is 14.3. The smallest absolute Gasteiger partial charge is 0.270 e. The van der Waals surface area contributed by atoms with E-state index in [0.29, 0.717) is 5.92 Å². The minimum absolute atomic E-state index is 0.132. The first-order valence-electron chi connectivity index (χ1n) is 6.39. The molecule has 4 heteroatoms. The van der Waals surface area contributed by atoms with Crippen LogP contribution in [0.25, 0.3) is 0 Å². The van der Waals surface area contributed by atoms with Crippen LogP contribution in [-0.2, 0) is 0 Å². The van der Waals surface area contributed by atoms with Gasteiger partial charge in [-0.1, -0.05) is 20.3 Å². The molecule has 0 radical (unpaired) electrons. The molecule has 1 aromatic rings. The highest BCUT2D eigenvalue weighted by Crippen LogP contribution is 2.30. The topological polar surface area (TPSA) is 69.2 Å². The molecule has 0 aromatic heterocycles. The fourth-order valence-corrected chi connectivity index (χ4v) is 2.26. The molecule has 0 aliphatic rings. The summed E-state index contributed by atoms with van der Waals surface area (Å²) in [7, 11) is 0. The van der Waals surface area contributed by atoms with Gasteiger partial charge >= 0.3 is 0 Å². The van der Waals surface area contributed by atoms with Crippen molar-refractivity contribution in [1.29, 1.82) is 0 Å². The first-order valence-corrected chi connectivity index (χ1v) is 6.39. The molecule has 4 nitrogen and oxygen atoms in total. The zero-order chi connectivity index (χ0) is 13.9. The van der Waals surface area contributed by atoms with E-state index in [4.69, 9.17) is 5.73 Å². The van der Waals surface area contributed by atoms with Crippen LogP contribution < -0.4 is 5.73 Å². The Morgan fingerprint density at radius 3 is 2.50 bits per heavy atom. The average molecular weight is 250 g/mol. The van der Waals surface area contributed by atoms with E-state index in [1.54, 1.807) is 12.1 Å². The second-order valence-corrected chi connectivity index (χ2v) is 5.03. The molecule has 0 saturated carbocycles. The van der Waals surface area contributed by atoms with Gasteiger partial charge in [-0.3, -0.25) is 10.1 Å². The number of hydrogen-bond acceptors (Lipinski definition) is 3. The maximum atomic E-state index is 10.9. The third-order valence-electron chi connectivity index (χ3n) is 3.62. The van der Waals surface area contributed by atoms with E-state index in [1.165, 1.54) is 0 Å². The van der Waals surface area contributed by atoms with Gasteiger partial charge in [0, 0.05) is 18.2 Å². The second-order valence-electron chi connectivity index (χ2n) is 5.03. The van der Waals surface area contributed by atoms with E-state index in [9.17, 15) is 10.1 Å². The lowest BCUT2D eigenvalue weighted by Gasteiger charge is -2.22. The van der Waals surface area contributed by atoms with E-state index in [-0.39, 0.29) is 16.7 Å². The van der Waals surface area contributed by atoms with Crippen molar-refractivity contribution in [2.75, 3.05) is 0 Å². The maximum Gasteiger partial charge on any atom is 0.270 e. The standard InChI is InChI=1S/C14H22N2O2/c1-5-6-9(2)14(15)13-8-12(16(17)18)7-10(3)11(13)4/h7-9,14H,5-6,15H2,1-4H3. The van der Waals surface area contributed by atoms with Crippen molar-refractivity contribution in [3.05, 3.63) is 38.9 Å². The number of non-ortho nitro benzene ring substituents is 1. The van der Waals surface area contributed by atoms with Crippen molar-refractivity contribution < 1.29 is 4.92 Å². The molecule has 1 rings (SSSR count). The lowest BCUT2D eigenvalue weighted by molar-refractivity contribution is -0.385. The Labute approximate surface area is 108 Å². The molecular weight excluding hydrogens is 228 g/mol. The van der Waals surface area contributed by atoms with Crippen LogP contribution in [0, 0.1) is 29.9 Å². The van der Waals surface area contributed by atoms with Gasteiger partial charge in [0.2, 0.25) is 0 Å². The number of rotatable bonds is 5. The molecule has 100 valence electrons. The highest BCUT2D eigenvalue weighted by molar-refractivity contribution is 5.46. The van der Waals surface area contributed by atoms with Crippen LogP contribution in [0.1, 0.15) is 49.4 Å². The first kappa shape index (κ1) is 14.6. The van der Waals surface area contributed by atoms with Gasteiger partial charge < -0.3 is 5.73 Å². The molecular formula is C14H22N2O2. The second kappa shape index (κ2) is 5.96. The lowest BCUT2D eigenvalue weighted by atomic mass is 9.87. The van der Waals surface area contributed by atoms with Gasteiger partial charge in [-0.15, -0.1) is 0 Å². The molecule has 2 N–H and O–H groups in total. The summed E-state index contributed by atoms with van der Waals surface area (Å²) in [6, 6.07) is 3.10. The van der Waals surface area contributed by atoms with Crippen LogP contribution in [0.5, 0.6) is 0 Å². The van der Waals surface area contributed by atoms with Gasteiger partial charge in [-0.2, -0.15) is 0 Å². The molecule has 2 atom stereocenters. The highest BCUT2D eigenvalue weighted by Gasteiger charge is 2.20. The Bertz CT molecular complexity index is 444. The van der Waals surface area contributed by atoms with Gasteiger partial charge in [0.25, 0.3) is 5.69 Å². The Kier molecular flexibility index (Phi) is 4.84. The number of nitrogens with zero attached hydrogens (tertiary/aromatic N) is 1. The summed E-state index contributed by atoms with van der Waals surface area (Å²) in [4.78, 5) is 10.5. The molecule has 0 amide bonds. The molecule has 0 heterocycles. The minimum atomic E-state index is -0.354. The molecule has 0 bridgehead atoms. The van der Waals surface area contributed by atoms with E-state index in [0.717, 1.165) is 29.5 Å². The van der Waals surface area contributed by atoms with Crippen LogP contribution in [0.2, 0.25) is 0 Å². The number of nitro groups is 1. The van der Waals surface area contributed by atoms with E-state index < -0.39 is 0 Å². The van der Waals surface area contributed by atoms with Gasteiger partial charge in [0.05, 0.1) is 4.92 Å². The molecule has 0 spiro atoms. The summed E-state index contributed by atoms with van der Waals surface area (Å²) in [5, 5.41) is 10.9. The molecule has 0 saturated heterocycles. The quantitative estimate of drug-likeness (QED) is 0.640. The van der Waals surface area contributed by atoms with Crippen LogP contribution in [0.3, 0.4) is 0 Å². The predicted octanol–water partition coefficient (Wildman–Crippen LogP) is 3.65. The van der Waals surface area contributed by atoms with Crippen LogP contribution in [-0.4, -0.2) is 4.92 Å². The Morgan fingerprint density at radius 1 is 1.39 bits per heavy atom. The van der Waals surface area contributed by atoms with Crippen molar-refractivity contribution in [3.63, 3.8) is 0 Å². The van der Waals surface area contributed by atoms with Crippen molar-refractivity contribution >= 4 is 5.69 Å². The molecule has 0 fully saturated rings.